The molecule has 0 atom stereocenters. The molecule has 0 fully saturated rings. The third-order valence-corrected chi connectivity index (χ3v) is 4.59. The van der Waals surface area contributed by atoms with E-state index in [2.05, 4.69) is 26.7 Å². The minimum atomic E-state index is -0.137. The van der Waals surface area contributed by atoms with Crippen LogP contribution in [0, 0.1) is 6.92 Å². The van der Waals surface area contributed by atoms with Crippen molar-refractivity contribution in [2.24, 2.45) is 0 Å². The van der Waals surface area contributed by atoms with E-state index < -0.39 is 0 Å². The van der Waals surface area contributed by atoms with Crippen LogP contribution in [0.3, 0.4) is 0 Å². The molecule has 0 saturated carbocycles. The van der Waals surface area contributed by atoms with Gasteiger partial charge in [-0.1, -0.05) is 18.2 Å². The van der Waals surface area contributed by atoms with E-state index in [1.54, 1.807) is 13.3 Å². The number of nitrogens with one attached hydrogen (secondary N) is 2. The van der Waals surface area contributed by atoms with Crippen LogP contribution in [0.4, 0.5) is 17.3 Å². The second-order valence-electron chi connectivity index (χ2n) is 6.66. The summed E-state index contributed by atoms with van der Waals surface area (Å²) in [5.41, 5.74) is 3.33. The summed E-state index contributed by atoms with van der Waals surface area (Å²) in [6, 6.07) is 15.7. The quantitative estimate of drug-likeness (QED) is 0.529. The Balaban J connectivity index is 1.70. The van der Waals surface area contributed by atoms with E-state index in [-0.39, 0.29) is 5.91 Å². The Hall–Kier alpha value is -3.87. The van der Waals surface area contributed by atoms with Crippen LogP contribution in [-0.2, 0) is 4.79 Å². The van der Waals surface area contributed by atoms with E-state index in [0.717, 1.165) is 22.3 Å². The van der Waals surface area contributed by atoms with Crippen molar-refractivity contribution >= 4 is 34.1 Å². The normalized spacial score (nSPS) is 10.7. The minimum absolute atomic E-state index is 0.137. The fourth-order valence-corrected chi connectivity index (χ4v) is 3.22. The predicted octanol–water partition coefficient (Wildman–Crippen LogP) is 4.44. The maximum absolute atomic E-state index is 11.5. The standard InChI is InChI=1S/C22H21N5O2/c1-14-12-20(29-3)18(13-17(14)24-15(2)28)25-22-23-10-8-21(26-22)27-11-9-16-6-4-5-7-19(16)27/h4-13H,1-3H3,(H,24,28)(H,23,25,26). The summed E-state index contributed by atoms with van der Waals surface area (Å²) in [5, 5.41) is 7.17. The van der Waals surface area contributed by atoms with Crippen molar-refractivity contribution in [3.63, 3.8) is 0 Å². The van der Waals surface area contributed by atoms with Gasteiger partial charge in [0.2, 0.25) is 11.9 Å². The fourth-order valence-electron chi connectivity index (χ4n) is 3.22. The summed E-state index contributed by atoms with van der Waals surface area (Å²) in [7, 11) is 1.60. The Morgan fingerprint density at radius 1 is 1.10 bits per heavy atom. The lowest BCUT2D eigenvalue weighted by molar-refractivity contribution is -0.114. The zero-order chi connectivity index (χ0) is 20.4. The van der Waals surface area contributed by atoms with Gasteiger partial charge >= 0.3 is 0 Å². The third kappa shape index (κ3) is 3.75. The van der Waals surface area contributed by atoms with Gasteiger partial charge in [0.25, 0.3) is 0 Å². The van der Waals surface area contributed by atoms with E-state index in [1.807, 2.05) is 60.2 Å². The van der Waals surface area contributed by atoms with Crippen molar-refractivity contribution in [1.29, 1.82) is 0 Å². The lowest BCUT2D eigenvalue weighted by atomic mass is 10.1. The van der Waals surface area contributed by atoms with Gasteiger partial charge in [0, 0.05) is 25.0 Å². The highest BCUT2D eigenvalue weighted by molar-refractivity contribution is 5.91. The summed E-state index contributed by atoms with van der Waals surface area (Å²) in [6.45, 7) is 3.39. The van der Waals surface area contributed by atoms with Gasteiger partial charge < -0.3 is 19.9 Å². The molecule has 4 aromatic rings. The zero-order valence-corrected chi connectivity index (χ0v) is 16.4. The van der Waals surface area contributed by atoms with Crippen LogP contribution in [0.25, 0.3) is 16.7 Å². The van der Waals surface area contributed by atoms with Gasteiger partial charge in [0.15, 0.2) is 0 Å². The summed E-state index contributed by atoms with van der Waals surface area (Å²) in [6.07, 6.45) is 3.69. The van der Waals surface area contributed by atoms with Crippen LogP contribution >= 0.6 is 0 Å². The van der Waals surface area contributed by atoms with Gasteiger partial charge in [-0.05, 0) is 48.2 Å². The summed E-state index contributed by atoms with van der Waals surface area (Å²) in [5.74, 6) is 1.67. The lowest BCUT2D eigenvalue weighted by Gasteiger charge is -2.15. The molecule has 0 radical (unpaired) electrons. The molecule has 0 unspecified atom stereocenters. The number of anilines is 3. The highest BCUT2D eigenvalue weighted by Gasteiger charge is 2.12. The molecule has 4 rings (SSSR count). The molecule has 0 aliphatic heterocycles. The predicted molar refractivity (Wildman–Crippen MR) is 114 cm³/mol. The molecule has 0 saturated heterocycles. The number of aromatic nitrogens is 3. The van der Waals surface area contributed by atoms with Crippen LogP contribution in [0.1, 0.15) is 12.5 Å². The number of aryl methyl sites for hydroxylation is 1. The molecule has 146 valence electrons. The topological polar surface area (TPSA) is 81.1 Å². The molecule has 2 aromatic carbocycles. The van der Waals surface area contributed by atoms with E-state index in [0.29, 0.717) is 23.1 Å². The highest BCUT2D eigenvalue weighted by Crippen LogP contribution is 2.33. The molecule has 1 amide bonds. The van der Waals surface area contributed by atoms with Gasteiger partial charge in [0.1, 0.15) is 11.6 Å². The lowest BCUT2D eigenvalue weighted by Crippen LogP contribution is -2.08. The van der Waals surface area contributed by atoms with Crippen molar-refractivity contribution < 1.29 is 9.53 Å². The number of carbonyl (C=O) groups excluding carboxylic acids is 1. The van der Waals surface area contributed by atoms with Gasteiger partial charge in [-0.2, -0.15) is 4.98 Å². The van der Waals surface area contributed by atoms with Crippen LogP contribution in [0.5, 0.6) is 5.75 Å². The molecule has 2 heterocycles. The second-order valence-corrected chi connectivity index (χ2v) is 6.66. The Kier molecular flexibility index (Phi) is 4.87. The number of hydrogen-bond donors (Lipinski definition) is 2. The SMILES string of the molecule is COc1cc(C)c(NC(C)=O)cc1Nc1nccc(-n2ccc3ccccc32)n1. The first kappa shape index (κ1) is 18.5. The number of rotatable bonds is 5. The average Bonchev–Trinajstić information content (AvgIpc) is 3.14. The molecule has 7 nitrogen and oxygen atoms in total. The summed E-state index contributed by atoms with van der Waals surface area (Å²) in [4.78, 5) is 20.5. The van der Waals surface area contributed by atoms with Crippen LogP contribution in [-0.4, -0.2) is 27.6 Å². The molecule has 2 N–H and O–H groups in total. The molecule has 29 heavy (non-hydrogen) atoms. The molecule has 2 aromatic heterocycles. The maximum atomic E-state index is 11.5. The molecular formula is C22H21N5O2. The number of benzene rings is 2. The van der Waals surface area contributed by atoms with Gasteiger partial charge in [0.05, 0.1) is 18.3 Å². The first-order chi connectivity index (χ1) is 14.0. The van der Waals surface area contributed by atoms with E-state index in [4.69, 9.17) is 4.74 Å². The van der Waals surface area contributed by atoms with E-state index in [1.165, 1.54) is 6.92 Å². The Bertz CT molecular complexity index is 1200. The average molecular weight is 387 g/mol. The monoisotopic (exact) mass is 387 g/mol. The van der Waals surface area contributed by atoms with Crippen molar-refractivity contribution in [3.8, 4) is 11.6 Å². The number of para-hydroxylation sites is 1. The molecule has 0 aliphatic rings. The number of carbonyl (C=O) groups is 1. The number of hydrogen-bond acceptors (Lipinski definition) is 5. The number of methoxy groups -OCH3 is 1. The smallest absolute Gasteiger partial charge is 0.229 e. The Morgan fingerprint density at radius 2 is 1.93 bits per heavy atom. The zero-order valence-electron chi connectivity index (χ0n) is 16.4. The first-order valence-corrected chi connectivity index (χ1v) is 9.18. The van der Waals surface area contributed by atoms with Gasteiger partial charge in [-0.3, -0.25) is 4.79 Å². The molecule has 0 bridgehead atoms. The first-order valence-electron chi connectivity index (χ1n) is 9.18. The van der Waals surface area contributed by atoms with Gasteiger partial charge in [-0.15, -0.1) is 0 Å². The van der Waals surface area contributed by atoms with Crippen molar-refractivity contribution in [1.82, 2.24) is 14.5 Å². The van der Waals surface area contributed by atoms with Crippen molar-refractivity contribution in [3.05, 3.63) is 66.5 Å². The number of amides is 1. The van der Waals surface area contributed by atoms with Crippen molar-refractivity contribution in [2.75, 3.05) is 17.7 Å². The third-order valence-electron chi connectivity index (χ3n) is 4.59. The molecule has 7 heteroatoms. The summed E-state index contributed by atoms with van der Waals surface area (Å²) >= 11 is 0. The maximum Gasteiger partial charge on any atom is 0.229 e. The van der Waals surface area contributed by atoms with E-state index in [9.17, 15) is 4.79 Å². The Labute approximate surface area is 168 Å². The van der Waals surface area contributed by atoms with Crippen LogP contribution < -0.4 is 15.4 Å². The largest absolute Gasteiger partial charge is 0.495 e. The number of ether oxygens (including phenoxy) is 1. The number of fused-ring (bicyclic) bond motifs is 1. The fraction of sp³-hybridized carbons (Fsp3) is 0.136. The van der Waals surface area contributed by atoms with E-state index >= 15 is 0 Å². The van der Waals surface area contributed by atoms with Crippen LogP contribution in [0.2, 0.25) is 0 Å². The molecule has 0 aliphatic carbocycles. The Morgan fingerprint density at radius 3 is 2.72 bits per heavy atom. The molecular weight excluding hydrogens is 366 g/mol. The number of nitrogens with zero attached hydrogens (tertiary/aromatic N) is 3. The molecule has 0 spiro atoms. The minimum Gasteiger partial charge on any atom is -0.495 e. The summed E-state index contributed by atoms with van der Waals surface area (Å²) < 4.78 is 7.49. The van der Waals surface area contributed by atoms with Gasteiger partial charge in [-0.25, -0.2) is 4.98 Å². The van der Waals surface area contributed by atoms with Crippen LogP contribution in [0.15, 0.2) is 60.9 Å². The second kappa shape index (κ2) is 7.63. The highest BCUT2D eigenvalue weighted by atomic mass is 16.5. The van der Waals surface area contributed by atoms with Crippen molar-refractivity contribution in [2.45, 2.75) is 13.8 Å².